The van der Waals surface area contributed by atoms with Crippen LogP contribution < -0.4 is 0 Å². The monoisotopic (exact) mass is 329 g/mol. The van der Waals surface area contributed by atoms with Crippen molar-refractivity contribution in [1.82, 2.24) is 0 Å². The molecule has 3 nitrogen and oxygen atoms in total. The minimum atomic E-state index is -0.0431. The van der Waals surface area contributed by atoms with E-state index < -0.39 is 0 Å². The fraction of sp³-hybridized carbons (Fsp3) is 0.905. The maximum absolute atomic E-state index is 12.4. The Morgan fingerprint density at radius 3 is 2.46 bits per heavy atom. The van der Waals surface area contributed by atoms with E-state index in [-0.39, 0.29) is 34.7 Å². The van der Waals surface area contributed by atoms with Crippen molar-refractivity contribution >= 4 is 5.97 Å². The SMILES string of the molecule is CC1(C)CC[C@H]2[C@H](C#N)[C@@H]([C@@]3(C)CC[C@@H]4C[C@@H]3C(=O)O4)CC[C@@]21C. The molecule has 7 atom stereocenters. The molecule has 0 aromatic rings. The Balaban J connectivity index is 1.68. The van der Waals surface area contributed by atoms with Crippen LogP contribution in [0, 0.1) is 51.2 Å². The molecule has 2 bridgehead atoms. The summed E-state index contributed by atoms with van der Waals surface area (Å²) in [5, 5.41) is 10.1. The highest BCUT2D eigenvalue weighted by atomic mass is 16.6. The van der Waals surface area contributed by atoms with Gasteiger partial charge in [0.2, 0.25) is 0 Å². The molecule has 0 unspecified atom stereocenters. The third kappa shape index (κ3) is 1.92. The fourth-order valence-corrected chi connectivity index (χ4v) is 7.02. The Labute approximate surface area is 146 Å². The number of rotatable bonds is 1. The molecule has 132 valence electrons. The van der Waals surface area contributed by atoms with Crippen LogP contribution in [-0.2, 0) is 9.53 Å². The summed E-state index contributed by atoms with van der Waals surface area (Å²) in [5.41, 5.74) is 0.550. The van der Waals surface area contributed by atoms with Crippen molar-refractivity contribution < 1.29 is 9.53 Å². The average molecular weight is 329 g/mol. The van der Waals surface area contributed by atoms with Gasteiger partial charge in [0.15, 0.2) is 0 Å². The van der Waals surface area contributed by atoms with Crippen molar-refractivity contribution in [2.24, 2.45) is 39.9 Å². The first-order valence-corrected chi connectivity index (χ1v) is 9.83. The topological polar surface area (TPSA) is 50.1 Å². The van der Waals surface area contributed by atoms with Crippen LogP contribution >= 0.6 is 0 Å². The first-order valence-electron chi connectivity index (χ1n) is 9.83. The summed E-state index contributed by atoms with van der Waals surface area (Å²) >= 11 is 0. The minimum Gasteiger partial charge on any atom is -0.462 e. The van der Waals surface area contributed by atoms with E-state index in [1.54, 1.807) is 0 Å². The number of ether oxygens (including phenoxy) is 1. The maximum Gasteiger partial charge on any atom is 0.309 e. The van der Waals surface area contributed by atoms with E-state index in [4.69, 9.17) is 4.74 Å². The maximum atomic E-state index is 12.4. The molecule has 4 aliphatic rings. The summed E-state index contributed by atoms with van der Waals surface area (Å²) < 4.78 is 5.56. The molecule has 24 heavy (non-hydrogen) atoms. The smallest absolute Gasteiger partial charge is 0.309 e. The zero-order chi connectivity index (χ0) is 17.3. The highest BCUT2D eigenvalue weighted by Gasteiger charge is 2.63. The zero-order valence-corrected chi connectivity index (χ0v) is 15.6. The van der Waals surface area contributed by atoms with Gasteiger partial charge in [0.05, 0.1) is 17.9 Å². The number of nitriles is 1. The summed E-state index contributed by atoms with van der Waals surface area (Å²) in [6.45, 7) is 9.50. The molecule has 3 saturated carbocycles. The van der Waals surface area contributed by atoms with Crippen LogP contribution in [0.25, 0.3) is 0 Å². The molecule has 0 radical (unpaired) electrons. The predicted octanol–water partition coefficient (Wildman–Crippen LogP) is 4.71. The molecule has 0 aromatic carbocycles. The average Bonchev–Trinajstić information content (AvgIpc) is 2.98. The van der Waals surface area contributed by atoms with Crippen molar-refractivity contribution in [3.05, 3.63) is 0 Å². The Bertz CT molecular complexity index is 605. The van der Waals surface area contributed by atoms with E-state index in [1.807, 2.05) is 0 Å². The van der Waals surface area contributed by atoms with Gasteiger partial charge in [-0.25, -0.2) is 0 Å². The van der Waals surface area contributed by atoms with Crippen molar-refractivity contribution in [2.75, 3.05) is 0 Å². The third-order valence-corrected chi connectivity index (χ3v) is 9.15. The Morgan fingerprint density at radius 1 is 1.04 bits per heavy atom. The van der Waals surface area contributed by atoms with Gasteiger partial charge in [-0.2, -0.15) is 5.26 Å². The third-order valence-electron chi connectivity index (χ3n) is 9.15. The quantitative estimate of drug-likeness (QED) is 0.655. The van der Waals surface area contributed by atoms with Gasteiger partial charge in [0.25, 0.3) is 0 Å². The van der Waals surface area contributed by atoms with Crippen molar-refractivity contribution in [3.8, 4) is 6.07 Å². The number of esters is 1. The lowest BCUT2D eigenvalue weighted by molar-refractivity contribution is -0.147. The Morgan fingerprint density at radius 2 is 1.75 bits per heavy atom. The second kappa shape index (κ2) is 4.99. The van der Waals surface area contributed by atoms with Crippen LogP contribution in [0.4, 0.5) is 0 Å². The summed E-state index contributed by atoms with van der Waals surface area (Å²) in [5.74, 6) is 0.974. The molecule has 1 aliphatic heterocycles. The van der Waals surface area contributed by atoms with Crippen LogP contribution in [0.2, 0.25) is 0 Å². The first kappa shape index (κ1) is 16.4. The largest absolute Gasteiger partial charge is 0.462 e. The minimum absolute atomic E-state index is 0.0109. The van der Waals surface area contributed by atoms with Gasteiger partial charge in [-0.1, -0.05) is 27.7 Å². The van der Waals surface area contributed by atoms with E-state index in [1.165, 1.54) is 19.3 Å². The lowest BCUT2D eigenvalue weighted by Gasteiger charge is -2.55. The van der Waals surface area contributed by atoms with Gasteiger partial charge in [0, 0.05) is 0 Å². The lowest BCUT2D eigenvalue weighted by atomic mass is 9.48. The molecule has 0 amide bonds. The summed E-state index contributed by atoms with van der Waals surface area (Å²) in [6.07, 6.45) is 7.76. The van der Waals surface area contributed by atoms with Crippen molar-refractivity contribution in [3.63, 3.8) is 0 Å². The zero-order valence-electron chi connectivity index (χ0n) is 15.6. The summed E-state index contributed by atoms with van der Waals surface area (Å²) in [7, 11) is 0. The van der Waals surface area contributed by atoms with Crippen LogP contribution in [0.1, 0.15) is 72.6 Å². The molecule has 3 heteroatoms. The molecule has 4 rings (SSSR count). The van der Waals surface area contributed by atoms with Crippen LogP contribution in [0.15, 0.2) is 0 Å². The van der Waals surface area contributed by atoms with Gasteiger partial charge < -0.3 is 4.74 Å². The number of carbonyl (C=O) groups excluding carboxylic acids is 1. The van der Waals surface area contributed by atoms with Crippen LogP contribution in [-0.4, -0.2) is 12.1 Å². The normalized spacial score (nSPS) is 52.5. The van der Waals surface area contributed by atoms with Crippen LogP contribution in [0.5, 0.6) is 0 Å². The number of fused-ring (bicyclic) bond motifs is 3. The van der Waals surface area contributed by atoms with Gasteiger partial charge in [-0.3, -0.25) is 4.79 Å². The van der Waals surface area contributed by atoms with Gasteiger partial charge in [-0.15, -0.1) is 0 Å². The van der Waals surface area contributed by atoms with Gasteiger partial charge >= 0.3 is 5.97 Å². The molecule has 3 aliphatic carbocycles. The number of hydrogen-bond acceptors (Lipinski definition) is 3. The van der Waals surface area contributed by atoms with E-state index in [0.29, 0.717) is 17.3 Å². The standard InChI is InChI=1S/C21H31NO2/c1-19(2)8-6-16-14(12-22)15(7-10-21(16,19)4)20(3)9-5-13-11-17(20)18(23)24-13/h13-17H,5-11H2,1-4H3/t13-,14-,15+,16+,17-,20-,21+/m1/s1. The molecule has 0 N–H and O–H groups in total. The van der Waals surface area contributed by atoms with Gasteiger partial charge in [-0.05, 0) is 73.0 Å². The highest BCUT2D eigenvalue weighted by molar-refractivity contribution is 5.76. The van der Waals surface area contributed by atoms with Gasteiger partial charge in [0.1, 0.15) is 6.10 Å². The predicted molar refractivity (Wildman–Crippen MR) is 91.8 cm³/mol. The number of carbonyl (C=O) groups is 1. The van der Waals surface area contributed by atoms with Crippen LogP contribution in [0.3, 0.4) is 0 Å². The van der Waals surface area contributed by atoms with Crippen molar-refractivity contribution in [1.29, 1.82) is 5.26 Å². The number of hydrogen-bond donors (Lipinski definition) is 0. The fourth-order valence-electron chi connectivity index (χ4n) is 7.02. The molecule has 4 fully saturated rings. The highest BCUT2D eigenvalue weighted by Crippen LogP contribution is 2.67. The molecule has 1 heterocycles. The second-order valence-electron chi connectivity index (χ2n) is 10.1. The van der Waals surface area contributed by atoms with E-state index in [0.717, 1.165) is 25.7 Å². The lowest BCUT2D eigenvalue weighted by Crippen LogP contribution is -2.51. The number of nitrogens with zero attached hydrogens (tertiary/aromatic N) is 1. The molecule has 1 saturated heterocycles. The molecule has 0 aromatic heterocycles. The Kier molecular flexibility index (Phi) is 3.42. The van der Waals surface area contributed by atoms with Crippen molar-refractivity contribution in [2.45, 2.75) is 78.7 Å². The first-order chi connectivity index (χ1) is 11.2. The summed E-state index contributed by atoms with van der Waals surface area (Å²) in [4.78, 5) is 12.4. The summed E-state index contributed by atoms with van der Waals surface area (Å²) in [6, 6.07) is 2.73. The second-order valence-corrected chi connectivity index (χ2v) is 10.1. The van der Waals surface area contributed by atoms with E-state index in [2.05, 4.69) is 33.8 Å². The molecule has 0 spiro atoms. The Hall–Kier alpha value is -1.04. The van der Waals surface area contributed by atoms with E-state index >= 15 is 0 Å². The van der Waals surface area contributed by atoms with E-state index in [9.17, 15) is 10.1 Å². The molecular weight excluding hydrogens is 298 g/mol. The molecular formula is C21H31NO2.